The van der Waals surface area contributed by atoms with Crippen LogP contribution in [0.15, 0.2) is 0 Å². The molecule has 0 saturated heterocycles. The van der Waals surface area contributed by atoms with Gasteiger partial charge < -0.3 is 5.11 Å². The van der Waals surface area contributed by atoms with Crippen molar-refractivity contribution in [1.82, 2.24) is 9.44 Å². The molecule has 3 N–H and O–H groups in total. The van der Waals surface area contributed by atoms with Gasteiger partial charge in [0.25, 0.3) is 10.2 Å². The van der Waals surface area contributed by atoms with E-state index >= 15 is 0 Å². The average molecular weight is 210 g/mol. The highest BCUT2D eigenvalue weighted by Gasteiger charge is 2.18. The van der Waals surface area contributed by atoms with Crippen LogP contribution in [0, 0.1) is 5.92 Å². The Labute approximate surface area is 79.7 Å². The molecule has 0 amide bonds. The van der Waals surface area contributed by atoms with Crippen LogP contribution >= 0.6 is 0 Å². The van der Waals surface area contributed by atoms with E-state index in [0.29, 0.717) is 6.42 Å². The monoisotopic (exact) mass is 210 g/mol. The standard InChI is InChI=1S/C7H18N2O3S/c1-6(2)7(4-5-10)9-13(11,12)8-3/h6-10H,4-5H2,1-3H3. The fraction of sp³-hybridized carbons (Fsp3) is 1.00. The predicted octanol–water partition coefficient (Wildman–Crippen LogP) is -0.553. The van der Waals surface area contributed by atoms with E-state index in [2.05, 4.69) is 9.44 Å². The summed E-state index contributed by atoms with van der Waals surface area (Å²) in [5.74, 6) is 0.162. The molecule has 0 aromatic rings. The van der Waals surface area contributed by atoms with E-state index in [1.165, 1.54) is 7.05 Å². The second-order valence-electron chi connectivity index (χ2n) is 3.19. The maximum Gasteiger partial charge on any atom is 0.276 e. The highest BCUT2D eigenvalue weighted by molar-refractivity contribution is 7.87. The highest BCUT2D eigenvalue weighted by atomic mass is 32.2. The third-order valence-electron chi connectivity index (χ3n) is 1.82. The summed E-state index contributed by atoms with van der Waals surface area (Å²) in [5.41, 5.74) is 0. The molecule has 1 atom stereocenters. The first-order valence-corrected chi connectivity index (χ1v) is 5.73. The van der Waals surface area contributed by atoms with Crippen LogP contribution in [-0.2, 0) is 10.2 Å². The van der Waals surface area contributed by atoms with Crippen molar-refractivity contribution in [1.29, 1.82) is 0 Å². The number of hydrogen-bond donors (Lipinski definition) is 3. The van der Waals surface area contributed by atoms with E-state index in [4.69, 9.17) is 5.11 Å². The fourth-order valence-electron chi connectivity index (χ4n) is 0.926. The van der Waals surface area contributed by atoms with E-state index in [-0.39, 0.29) is 18.6 Å². The molecule has 1 unspecified atom stereocenters. The molecule has 0 rings (SSSR count). The van der Waals surface area contributed by atoms with Gasteiger partial charge in [-0.1, -0.05) is 13.8 Å². The number of aliphatic hydroxyl groups excluding tert-OH is 1. The average Bonchev–Trinajstić information content (AvgIpc) is 2.03. The minimum absolute atomic E-state index is 0.0188. The Balaban J connectivity index is 4.26. The van der Waals surface area contributed by atoms with Gasteiger partial charge in [0.1, 0.15) is 0 Å². The molecule has 0 fully saturated rings. The normalized spacial score (nSPS) is 14.8. The SMILES string of the molecule is CNS(=O)(=O)NC(CCO)C(C)C. The molecule has 0 aliphatic heterocycles. The summed E-state index contributed by atoms with van der Waals surface area (Å²) in [4.78, 5) is 0. The summed E-state index contributed by atoms with van der Waals surface area (Å²) < 4.78 is 26.8. The Morgan fingerprint density at radius 3 is 2.23 bits per heavy atom. The van der Waals surface area contributed by atoms with E-state index in [9.17, 15) is 8.42 Å². The van der Waals surface area contributed by atoms with Gasteiger partial charge in [0.15, 0.2) is 0 Å². The maximum atomic E-state index is 11.1. The molecule has 0 heterocycles. The lowest BCUT2D eigenvalue weighted by Crippen LogP contribution is -2.44. The van der Waals surface area contributed by atoms with Gasteiger partial charge in [-0.15, -0.1) is 0 Å². The lowest BCUT2D eigenvalue weighted by Gasteiger charge is -2.20. The minimum atomic E-state index is -3.40. The van der Waals surface area contributed by atoms with Crippen LogP contribution in [0.1, 0.15) is 20.3 Å². The molecule has 0 saturated carbocycles. The molecule has 0 bridgehead atoms. The predicted molar refractivity (Wildman–Crippen MR) is 51.4 cm³/mol. The molecule has 0 aromatic heterocycles. The molecular weight excluding hydrogens is 192 g/mol. The van der Waals surface area contributed by atoms with Crippen LogP contribution in [0.2, 0.25) is 0 Å². The zero-order chi connectivity index (χ0) is 10.5. The Morgan fingerprint density at radius 1 is 1.38 bits per heavy atom. The minimum Gasteiger partial charge on any atom is -0.396 e. The molecule has 0 aliphatic rings. The van der Waals surface area contributed by atoms with Gasteiger partial charge in [-0.25, -0.2) is 4.72 Å². The quantitative estimate of drug-likeness (QED) is 0.550. The van der Waals surface area contributed by atoms with E-state index in [1.54, 1.807) is 0 Å². The Bertz CT molecular complexity index is 226. The van der Waals surface area contributed by atoms with Crippen molar-refractivity contribution in [2.45, 2.75) is 26.3 Å². The van der Waals surface area contributed by atoms with Crippen LogP contribution in [0.25, 0.3) is 0 Å². The van der Waals surface area contributed by atoms with Gasteiger partial charge in [0, 0.05) is 19.7 Å². The number of hydrogen-bond acceptors (Lipinski definition) is 3. The molecule has 0 aromatic carbocycles. The van der Waals surface area contributed by atoms with E-state index in [0.717, 1.165) is 0 Å². The summed E-state index contributed by atoms with van der Waals surface area (Å²) >= 11 is 0. The highest BCUT2D eigenvalue weighted by Crippen LogP contribution is 2.06. The number of nitrogens with one attached hydrogen (secondary N) is 2. The molecule has 0 spiro atoms. The van der Waals surface area contributed by atoms with Crippen LogP contribution in [0.3, 0.4) is 0 Å². The summed E-state index contributed by atoms with van der Waals surface area (Å²) in [6.07, 6.45) is 0.429. The van der Waals surface area contributed by atoms with Crippen LogP contribution in [-0.4, -0.2) is 33.2 Å². The van der Waals surface area contributed by atoms with Crippen molar-refractivity contribution in [3.8, 4) is 0 Å². The Morgan fingerprint density at radius 2 is 1.92 bits per heavy atom. The third-order valence-corrected chi connectivity index (χ3v) is 2.97. The third kappa shape index (κ3) is 5.20. The van der Waals surface area contributed by atoms with Gasteiger partial charge in [-0.05, 0) is 12.3 Å². The largest absolute Gasteiger partial charge is 0.396 e. The lowest BCUT2D eigenvalue weighted by molar-refractivity contribution is 0.255. The smallest absolute Gasteiger partial charge is 0.276 e. The van der Waals surface area contributed by atoms with Crippen LogP contribution < -0.4 is 9.44 Å². The number of aliphatic hydroxyl groups is 1. The first-order chi connectivity index (χ1) is 5.93. The van der Waals surface area contributed by atoms with Gasteiger partial charge in [-0.3, -0.25) is 0 Å². The molecule has 80 valence electrons. The van der Waals surface area contributed by atoms with Crippen molar-refractivity contribution in [3.05, 3.63) is 0 Å². The van der Waals surface area contributed by atoms with Crippen LogP contribution in [0.5, 0.6) is 0 Å². The molecule has 5 nitrogen and oxygen atoms in total. The van der Waals surface area contributed by atoms with Gasteiger partial charge >= 0.3 is 0 Å². The van der Waals surface area contributed by atoms with Crippen molar-refractivity contribution < 1.29 is 13.5 Å². The molecule has 13 heavy (non-hydrogen) atoms. The van der Waals surface area contributed by atoms with E-state index in [1.807, 2.05) is 13.8 Å². The number of rotatable bonds is 6. The molecule has 0 radical (unpaired) electrons. The zero-order valence-electron chi connectivity index (χ0n) is 8.24. The van der Waals surface area contributed by atoms with E-state index < -0.39 is 10.2 Å². The molecule has 6 heteroatoms. The second kappa shape index (κ2) is 5.54. The summed E-state index contributed by atoms with van der Waals surface area (Å²) in [7, 11) is -2.05. The van der Waals surface area contributed by atoms with Gasteiger partial charge in [0.05, 0.1) is 0 Å². The summed E-state index contributed by atoms with van der Waals surface area (Å²) in [6, 6.07) is -0.220. The Hall–Kier alpha value is -0.170. The second-order valence-corrected chi connectivity index (χ2v) is 4.84. The van der Waals surface area contributed by atoms with Crippen molar-refractivity contribution >= 4 is 10.2 Å². The Kier molecular flexibility index (Phi) is 5.46. The first kappa shape index (κ1) is 12.8. The topological polar surface area (TPSA) is 78.4 Å². The van der Waals surface area contributed by atoms with Gasteiger partial charge in [0.2, 0.25) is 0 Å². The van der Waals surface area contributed by atoms with Crippen molar-refractivity contribution in [2.75, 3.05) is 13.7 Å². The van der Waals surface area contributed by atoms with Crippen molar-refractivity contribution in [3.63, 3.8) is 0 Å². The summed E-state index contributed by atoms with van der Waals surface area (Å²) in [5, 5.41) is 8.70. The lowest BCUT2D eigenvalue weighted by atomic mass is 10.0. The molecule has 0 aliphatic carbocycles. The fourth-order valence-corrected chi connectivity index (χ4v) is 1.83. The summed E-state index contributed by atoms with van der Waals surface area (Å²) in [6.45, 7) is 3.78. The van der Waals surface area contributed by atoms with Crippen LogP contribution in [0.4, 0.5) is 0 Å². The van der Waals surface area contributed by atoms with Gasteiger partial charge in [-0.2, -0.15) is 13.1 Å². The first-order valence-electron chi connectivity index (χ1n) is 4.24. The zero-order valence-corrected chi connectivity index (χ0v) is 9.06. The maximum absolute atomic E-state index is 11.1. The van der Waals surface area contributed by atoms with Crippen molar-refractivity contribution in [2.24, 2.45) is 5.92 Å². The molecular formula is C7H18N2O3S.